The number of carboxylic acid groups (broad SMARTS) is 1. The number of likely N-dealkylation sites (tertiary alicyclic amines) is 1. The minimum absolute atomic E-state index is 0.385. The van der Waals surface area contributed by atoms with Gasteiger partial charge in [0.1, 0.15) is 5.54 Å². The Balaban J connectivity index is 2.24. The summed E-state index contributed by atoms with van der Waals surface area (Å²) in [6, 6.07) is 0. The Morgan fingerprint density at radius 1 is 1.50 bits per heavy atom. The van der Waals surface area contributed by atoms with Gasteiger partial charge in [-0.05, 0) is 39.9 Å². The molecule has 1 aliphatic heterocycles. The van der Waals surface area contributed by atoms with Crippen LogP contribution in [0.1, 0.15) is 19.8 Å². The topological polar surface area (TPSA) is 69.8 Å². The molecule has 1 unspecified atom stereocenters. The largest absolute Gasteiger partial charge is 0.480 e. The molecule has 1 fully saturated rings. The summed E-state index contributed by atoms with van der Waals surface area (Å²) in [6.07, 6.45) is 2.57. The second kappa shape index (κ2) is 5.61. The molecule has 1 rings (SSSR count). The third kappa shape index (κ3) is 4.08. The Hall–Kier alpha value is -0.650. The summed E-state index contributed by atoms with van der Waals surface area (Å²) in [5.74, 6) is -0.944. The number of carboxylic acids is 1. The van der Waals surface area contributed by atoms with Crippen molar-refractivity contribution in [2.24, 2.45) is 5.73 Å². The van der Waals surface area contributed by atoms with Gasteiger partial charge in [-0.15, -0.1) is 0 Å². The molecule has 1 aliphatic rings. The van der Waals surface area contributed by atoms with E-state index in [0.717, 1.165) is 13.1 Å². The van der Waals surface area contributed by atoms with Crippen LogP contribution in [0.3, 0.4) is 0 Å². The summed E-state index contributed by atoms with van der Waals surface area (Å²) < 4.78 is 0. The summed E-state index contributed by atoms with van der Waals surface area (Å²) in [7, 11) is 1.92. The molecule has 0 radical (unpaired) electrons. The molecule has 0 amide bonds. The maximum absolute atomic E-state index is 10.9. The number of carbonyl (C=O) groups is 1. The van der Waals surface area contributed by atoms with Crippen LogP contribution in [-0.2, 0) is 4.79 Å². The zero-order valence-electron chi connectivity index (χ0n) is 10.3. The first kappa shape index (κ1) is 13.4. The van der Waals surface area contributed by atoms with Gasteiger partial charge < -0.3 is 20.6 Å². The van der Waals surface area contributed by atoms with Gasteiger partial charge in [-0.25, -0.2) is 0 Å². The number of nitrogens with zero attached hydrogens (tertiary/aromatic N) is 2. The average Bonchev–Trinajstić information content (AvgIpc) is 2.66. The normalized spacial score (nSPS) is 21.2. The minimum atomic E-state index is -1.15. The number of hydrogen-bond donors (Lipinski definition) is 2. The number of nitrogens with two attached hydrogens (primary N) is 1. The van der Waals surface area contributed by atoms with Crippen molar-refractivity contribution in [1.29, 1.82) is 0 Å². The van der Waals surface area contributed by atoms with Gasteiger partial charge >= 0.3 is 5.97 Å². The van der Waals surface area contributed by atoms with Crippen LogP contribution < -0.4 is 5.73 Å². The van der Waals surface area contributed by atoms with Crippen LogP contribution in [0.2, 0.25) is 0 Å². The van der Waals surface area contributed by atoms with E-state index in [0.29, 0.717) is 6.54 Å². The van der Waals surface area contributed by atoms with E-state index in [-0.39, 0.29) is 0 Å². The maximum atomic E-state index is 10.9. The molecular formula is C11H23N3O2. The zero-order chi connectivity index (χ0) is 12.2. The van der Waals surface area contributed by atoms with Crippen molar-refractivity contribution in [3.05, 3.63) is 0 Å². The Morgan fingerprint density at radius 2 is 2.06 bits per heavy atom. The summed E-state index contributed by atoms with van der Waals surface area (Å²) in [5.41, 5.74) is 4.54. The van der Waals surface area contributed by atoms with E-state index in [1.807, 2.05) is 11.9 Å². The van der Waals surface area contributed by atoms with Crippen LogP contribution in [0.5, 0.6) is 0 Å². The number of likely N-dealkylation sites (N-methyl/N-ethyl adjacent to an activating group) is 1. The van der Waals surface area contributed by atoms with E-state index in [1.54, 1.807) is 6.92 Å². The van der Waals surface area contributed by atoms with Gasteiger partial charge in [0.15, 0.2) is 0 Å². The highest BCUT2D eigenvalue weighted by molar-refractivity contribution is 5.78. The molecule has 0 aromatic carbocycles. The van der Waals surface area contributed by atoms with Gasteiger partial charge in [-0.1, -0.05) is 0 Å². The fourth-order valence-electron chi connectivity index (χ4n) is 2.03. The molecule has 0 aromatic rings. The Bertz CT molecular complexity index is 237. The van der Waals surface area contributed by atoms with Crippen LogP contribution in [-0.4, -0.2) is 66.2 Å². The standard InChI is InChI=1S/C11H23N3O2/c1-11(12,10(15)16)9-13(2)7-8-14-5-3-4-6-14/h3-9,12H2,1-2H3,(H,15,16). The minimum Gasteiger partial charge on any atom is -0.480 e. The smallest absolute Gasteiger partial charge is 0.324 e. The van der Waals surface area contributed by atoms with Gasteiger partial charge in [-0.3, -0.25) is 4.79 Å². The molecular weight excluding hydrogens is 206 g/mol. The molecule has 5 nitrogen and oxygen atoms in total. The first-order valence-electron chi connectivity index (χ1n) is 5.85. The molecule has 0 spiro atoms. The fourth-order valence-corrected chi connectivity index (χ4v) is 2.03. The van der Waals surface area contributed by atoms with Gasteiger partial charge in [0.05, 0.1) is 0 Å². The van der Waals surface area contributed by atoms with Gasteiger partial charge in [-0.2, -0.15) is 0 Å². The van der Waals surface area contributed by atoms with Crippen LogP contribution in [0.25, 0.3) is 0 Å². The Kier molecular flexibility index (Phi) is 4.70. The van der Waals surface area contributed by atoms with Crippen LogP contribution >= 0.6 is 0 Å². The summed E-state index contributed by atoms with van der Waals surface area (Å²) in [6.45, 7) is 6.17. The van der Waals surface area contributed by atoms with Crippen LogP contribution in [0.4, 0.5) is 0 Å². The number of rotatable bonds is 6. The molecule has 94 valence electrons. The molecule has 1 saturated heterocycles. The lowest BCUT2D eigenvalue weighted by atomic mass is 10.0. The molecule has 0 bridgehead atoms. The van der Waals surface area contributed by atoms with E-state index in [9.17, 15) is 4.79 Å². The second-order valence-corrected chi connectivity index (χ2v) is 5.01. The highest BCUT2D eigenvalue weighted by Crippen LogP contribution is 2.07. The zero-order valence-corrected chi connectivity index (χ0v) is 10.3. The van der Waals surface area contributed by atoms with Gasteiger partial charge in [0.25, 0.3) is 0 Å². The molecule has 16 heavy (non-hydrogen) atoms. The maximum Gasteiger partial charge on any atom is 0.324 e. The first-order valence-corrected chi connectivity index (χ1v) is 5.85. The quantitative estimate of drug-likeness (QED) is 0.661. The van der Waals surface area contributed by atoms with E-state index in [2.05, 4.69) is 4.90 Å². The van der Waals surface area contributed by atoms with E-state index < -0.39 is 11.5 Å². The lowest BCUT2D eigenvalue weighted by molar-refractivity contribution is -0.143. The average molecular weight is 229 g/mol. The summed E-state index contributed by atoms with van der Waals surface area (Å²) in [4.78, 5) is 15.3. The van der Waals surface area contributed by atoms with E-state index in [1.165, 1.54) is 25.9 Å². The summed E-state index contributed by atoms with van der Waals surface area (Å²) >= 11 is 0. The third-order valence-electron chi connectivity index (χ3n) is 3.08. The molecule has 0 saturated carbocycles. The lowest BCUT2D eigenvalue weighted by Crippen LogP contribution is -2.53. The van der Waals surface area contributed by atoms with Crippen LogP contribution in [0, 0.1) is 0 Å². The first-order chi connectivity index (χ1) is 7.42. The van der Waals surface area contributed by atoms with Crippen molar-refractivity contribution in [3.63, 3.8) is 0 Å². The summed E-state index contributed by atoms with van der Waals surface area (Å²) in [5, 5.41) is 8.91. The van der Waals surface area contributed by atoms with Gasteiger partial charge in [0, 0.05) is 19.6 Å². The van der Waals surface area contributed by atoms with Crippen molar-refractivity contribution >= 4 is 5.97 Å². The predicted octanol–water partition coefficient (Wildman–Crippen LogP) is -0.184. The molecule has 3 N–H and O–H groups in total. The number of aliphatic carboxylic acids is 1. The van der Waals surface area contributed by atoms with Crippen molar-refractivity contribution < 1.29 is 9.90 Å². The highest BCUT2D eigenvalue weighted by Gasteiger charge is 2.29. The molecule has 0 aromatic heterocycles. The molecule has 1 heterocycles. The van der Waals surface area contributed by atoms with Crippen molar-refractivity contribution in [1.82, 2.24) is 9.80 Å². The van der Waals surface area contributed by atoms with Crippen LogP contribution in [0.15, 0.2) is 0 Å². The third-order valence-corrected chi connectivity index (χ3v) is 3.08. The highest BCUT2D eigenvalue weighted by atomic mass is 16.4. The molecule has 0 aliphatic carbocycles. The Labute approximate surface area is 97.2 Å². The Morgan fingerprint density at radius 3 is 2.56 bits per heavy atom. The fraction of sp³-hybridized carbons (Fsp3) is 0.909. The van der Waals surface area contributed by atoms with Crippen molar-refractivity contribution in [2.45, 2.75) is 25.3 Å². The van der Waals surface area contributed by atoms with Gasteiger partial charge in [0.2, 0.25) is 0 Å². The second-order valence-electron chi connectivity index (χ2n) is 5.01. The van der Waals surface area contributed by atoms with E-state index >= 15 is 0 Å². The van der Waals surface area contributed by atoms with Crippen molar-refractivity contribution in [2.75, 3.05) is 39.8 Å². The SMILES string of the molecule is CN(CCN1CCCC1)CC(C)(N)C(=O)O. The number of hydrogen-bond acceptors (Lipinski definition) is 4. The lowest BCUT2D eigenvalue weighted by Gasteiger charge is -2.27. The molecule has 5 heteroatoms. The molecule has 1 atom stereocenters. The monoisotopic (exact) mass is 229 g/mol. The van der Waals surface area contributed by atoms with E-state index in [4.69, 9.17) is 10.8 Å². The van der Waals surface area contributed by atoms with Crippen molar-refractivity contribution in [3.8, 4) is 0 Å². The predicted molar refractivity (Wildman–Crippen MR) is 63.4 cm³/mol.